The summed E-state index contributed by atoms with van der Waals surface area (Å²) in [6.45, 7) is 4.77. The number of rotatable bonds is 8. The number of fused-ring (bicyclic) bond motifs is 1. The molecule has 0 saturated carbocycles. The minimum atomic E-state index is -4.32. The fourth-order valence-electron chi connectivity index (χ4n) is 4.65. The van der Waals surface area contributed by atoms with E-state index in [1.807, 2.05) is 12.1 Å². The van der Waals surface area contributed by atoms with Crippen molar-refractivity contribution in [1.29, 1.82) is 5.26 Å². The Labute approximate surface area is 233 Å². The van der Waals surface area contributed by atoms with Crippen molar-refractivity contribution in [3.05, 3.63) is 65.7 Å². The molecule has 10 nitrogen and oxygen atoms in total. The third kappa shape index (κ3) is 6.19. The van der Waals surface area contributed by atoms with E-state index in [-0.39, 0.29) is 24.4 Å². The van der Waals surface area contributed by atoms with E-state index >= 15 is 0 Å². The Kier molecular flexibility index (Phi) is 8.05. The number of ether oxygens (including phenoxy) is 2. The number of hydrogen-bond donors (Lipinski definition) is 1. The molecule has 0 aromatic heterocycles. The molecule has 4 rings (SSSR count). The summed E-state index contributed by atoms with van der Waals surface area (Å²) in [4.78, 5) is 27.9. The lowest BCUT2D eigenvalue weighted by molar-refractivity contribution is -0.155. The first kappa shape index (κ1) is 28.9. The smallest absolute Gasteiger partial charge is 0.321 e. The van der Waals surface area contributed by atoms with E-state index in [2.05, 4.69) is 0 Å². The Morgan fingerprint density at radius 3 is 2.52 bits per heavy atom. The highest BCUT2D eigenvalue weighted by Crippen LogP contribution is 2.30. The first-order valence-corrected chi connectivity index (χ1v) is 14.1. The Balaban J connectivity index is 1.69. The predicted molar refractivity (Wildman–Crippen MR) is 150 cm³/mol. The predicted octanol–water partition coefficient (Wildman–Crippen LogP) is 3.44. The highest BCUT2D eigenvalue weighted by molar-refractivity contribution is 7.89. The standard InChI is InChI=1S/C29H32N4O6S/c1-29(2,3)39-27(34)18-33(40(36,37)24-9-7-20-6-8-23(38-4)14-21(20)15-24)26-11-12-32(28(26)35)17-22-13-19(16-30)5-10-25(22)31/h5-10,13-15,26H,11-12,17-18,31H2,1-4H3/t26-/m0/s1. The molecule has 0 aliphatic carbocycles. The van der Waals surface area contributed by atoms with Gasteiger partial charge in [0.2, 0.25) is 15.9 Å². The van der Waals surface area contributed by atoms with Crippen LogP contribution in [0.4, 0.5) is 5.69 Å². The molecular formula is C29H32N4O6S. The molecule has 3 aromatic carbocycles. The van der Waals surface area contributed by atoms with Gasteiger partial charge in [-0.2, -0.15) is 9.57 Å². The lowest BCUT2D eigenvalue weighted by Crippen LogP contribution is -2.48. The average Bonchev–Trinajstić information content (AvgIpc) is 3.25. The van der Waals surface area contributed by atoms with Crippen LogP contribution in [0, 0.1) is 11.3 Å². The van der Waals surface area contributed by atoms with Crippen molar-refractivity contribution in [2.24, 2.45) is 0 Å². The van der Waals surface area contributed by atoms with Crippen LogP contribution in [-0.4, -0.2) is 61.3 Å². The van der Waals surface area contributed by atoms with Crippen LogP contribution in [-0.2, 0) is 30.9 Å². The molecule has 0 bridgehead atoms. The molecular weight excluding hydrogens is 532 g/mol. The van der Waals surface area contributed by atoms with Crippen LogP contribution >= 0.6 is 0 Å². The number of carbonyl (C=O) groups is 2. The molecule has 1 atom stereocenters. The van der Waals surface area contributed by atoms with Crippen molar-refractivity contribution in [2.45, 2.75) is 50.3 Å². The summed E-state index contributed by atoms with van der Waals surface area (Å²) in [5.41, 5.74) is 6.62. The summed E-state index contributed by atoms with van der Waals surface area (Å²) in [5.74, 6) is -0.666. The van der Waals surface area contributed by atoms with E-state index in [4.69, 9.17) is 15.2 Å². The molecule has 1 saturated heterocycles. The van der Waals surface area contributed by atoms with Gasteiger partial charge in [-0.3, -0.25) is 9.59 Å². The molecule has 2 N–H and O–H groups in total. The van der Waals surface area contributed by atoms with Gasteiger partial charge in [0.25, 0.3) is 0 Å². The summed E-state index contributed by atoms with van der Waals surface area (Å²) in [7, 11) is -2.80. The third-order valence-corrected chi connectivity index (χ3v) is 8.43. The summed E-state index contributed by atoms with van der Waals surface area (Å²) in [6, 6.07) is 15.6. The fourth-order valence-corrected chi connectivity index (χ4v) is 6.25. The number of sulfonamides is 1. The Bertz CT molecular complexity index is 1610. The van der Waals surface area contributed by atoms with Crippen LogP contribution in [0.15, 0.2) is 59.5 Å². The van der Waals surface area contributed by atoms with E-state index in [1.165, 1.54) is 24.1 Å². The second-order valence-corrected chi connectivity index (χ2v) is 12.5. The van der Waals surface area contributed by atoms with Gasteiger partial charge in [-0.25, -0.2) is 8.42 Å². The van der Waals surface area contributed by atoms with Gasteiger partial charge in [0.1, 0.15) is 23.9 Å². The number of likely N-dealkylation sites (tertiary alicyclic amines) is 1. The van der Waals surface area contributed by atoms with E-state index in [9.17, 15) is 23.3 Å². The molecule has 40 heavy (non-hydrogen) atoms. The van der Waals surface area contributed by atoms with Gasteiger partial charge >= 0.3 is 5.97 Å². The van der Waals surface area contributed by atoms with Crippen LogP contribution in [0.25, 0.3) is 10.8 Å². The Hall–Kier alpha value is -4.14. The lowest BCUT2D eigenvalue weighted by Gasteiger charge is -2.28. The first-order chi connectivity index (χ1) is 18.8. The SMILES string of the molecule is COc1ccc2ccc(S(=O)(=O)N(CC(=O)OC(C)(C)C)[C@H]3CCN(Cc4cc(C#N)ccc4N)C3=O)cc2c1. The molecule has 210 valence electrons. The quantitative estimate of drug-likeness (QED) is 0.324. The normalized spacial score (nSPS) is 15.8. The number of nitrogen functional groups attached to an aromatic ring is 1. The van der Waals surface area contributed by atoms with Gasteiger partial charge in [0.05, 0.1) is 23.6 Å². The van der Waals surface area contributed by atoms with E-state index in [1.54, 1.807) is 57.2 Å². The zero-order chi connectivity index (χ0) is 29.2. The largest absolute Gasteiger partial charge is 0.497 e. The number of carbonyl (C=O) groups excluding carboxylic acids is 2. The number of methoxy groups -OCH3 is 1. The Morgan fingerprint density at radius 1 is 1.12 bits per heavy atom. The minimum absolute atomic E-state index is 0.0611. The van der Waals surface area contributed by atoms with E-state index in [0.29, 0.717) is 28.0 Å². The second-order valence-electron chi connectivity index (χ2n) is 10.6. The number of amides is 1. The van der Waals surface area contributed by atoms with Gasteiger partial charge in [-0.1, -0.05) is 12.1 Å². The van der Waals surface area contributed by atoms with Gasteiger partial charge < -0.3 is 20.1 Å². The van der Waals surface area contributed by atoms with Crippen LogP contribution in [0.2, 0.25) is 0 Å². The molecule has 1 amide bonds. The van der Waals surface area contributed by atoms with Crippen LogP contribution in [0.5, 0.6) is 5.75 Å². The molecule has 0 spiro atoms. The number of nitrogens with zero attached hydrogens (tertiary/aromatic N) is 3. The van der Waals surface area contributed by atoms with E-state index < -0.39 is 40.1 Å². The Morgan fingerprint density at radius 2 is 1.85 bits per heavy atom. The average molecular weight is 565 g/mol. The molecule has 1 aliphatic heterocycles. The number of hydrogen-bond acceptors (Lipinski definition) is 8. The summed E-state index contributed by atoms with van der Waals surface area (Å²) < 4.78 is 39.7. The number of benzene rings is 3. The maximum atomic E-state index is 14.0. The van der Waals surface area contributed by atoms with Crippen molar-refractivity contribution in [3.63, 3.8) is 0 Å². The zero-order valence-electron chi connectivity index (χ0n) is 22.9. The van der Waals surface area contributed by atoms with Gasteiger partial charge in [0, 0.05) is 18.8 Å². The number of anilines is 1. The van der Waals surface area contributed by atoms with Gasteiger partial charge in [0.15, 0.2) is 0 Å². The first-order valence-electron chi connectivity index (χ1n) is 12.7. The molecule has 1 aliphatic rings. The molecule has 1 heterocycles. The maximum absolute atomic E-state index is 14.0. The lowest BCUT2D eigenvalue weighted by atomic mass is 10.1. The maximum Gasteiger partial charge on any atom is 0.321 e. The zero-order valence-corrected chi connectivity index (χ0v) is 23.7. The minimum Gasteiger partial charge on any atom is -0.497 e. The summed E-state index contributed by atoms with van der Waals surface area (Å²) in [6.07, 6.45) is 0.167. The topological polar surface area (TPSA) is 143 Å². The molecule has 0 unspecified atom stereocenters. The third-order valence-electron chi connectivity index (χ3n) is 6.58. The fraction of sp³-hybridized carbons (Fsp3) is 0.345. The van der Waals surface area contributed by atoms with Crippen molar-refractivity contribution in [3.8, 4) is 11.8 Å². The van der Waals surface area contributed by atoms with Crippen LogP contribution < -0.4 is 10.5 Å². The molecule has 0 radical (unpaired) electrons. The van der Waals surface area contributed by atoms with Gasteiger partial charge in [-0.05, 0) is 86.0 Å². The summed E-state index contributed by atoms with van der Waals surface area (Å²) in [5, 5.41) is 10.7. The van der Waals surface area contributed by atoms with Crippen molar-refractivity contribution >= 4 is 38.4 Å². The number of nitriles is 1. The molecule has 11 heteroatoms. The highest BCUT2D eigenvalue weighted by Gasteiger charge is 2.43. The van der Waals surface area contributed by atoms with Gasteiger partial charge in [-0.15, -0.1) is 0 Å². The van der Waals surface area contributed by atoms with Crippen LogP contribution in [0.1, 0.15) is 38.3 Å². The second kappa shape index (κ2) is 11.2. The van der Waals surface area contributed by atoms with Crippen LogP contribution in [0.3, 0.4) is 0 Å². The van der Waals surface area contributed by atoms with Crippen molar-refractivity contribution < 1.29 is 27.5 Å². The van der Waals surface area contributed by atoms with Crippen molar-refractivity contribution in [1.82, 2.24) is 9.21 Å². The summed E-state index contributed by atoms with van der Waals surface area (Å²) >= 11 is 0. The monoisotopic (exact) mass is 564 g/mol. The van der Waals surface area contributed by atoms with E-state index in [0.717, 1.165) is 9.69 Å². The molecule has 3 aromatic rings. The number of nitrogens with two attached hydrogens (primary N) is 1. The number of esters is 1. The highest BCUT2D eigenvalue weighted by atomic mass is 32.2. The van der Waals surface area contributed by atoms with Crippen molar-refractivity contribution in [2.75, 3.05) is 25.9 Å². The molecule has 1 fully saturated rings.